The number of carbonyl (C=O) groups excluding carboxylic acids is 1. The molecule has 0 aliphatic carbocycles. The van der Waals surface area contributed by atoms with Crippen LogP contribution in [0.2, 0.25) is 0 Å². The number of benzene rings is 1. The van der Waals surface area contributed by atoms with Gasteiger partial charge in [-0.25, -0.2) is 0 Å². The van der Waals surface area contributed by atoms with E-state index >= 15 is 0 Å². The van der Waals surface area contributed by atoms with Crippen LogP contribution in [0.4, 0.5) is 0 Å². The van der Waals surface area contributed by atoms with Crippen LogP contribution in [-0.2, 0) is 0 Å². The minimum atomic E-state index is -0.0978. The molecule has 0 radical (unpaired) electrons. The fraction of sp³-hybridized carbons (Fsp3) is 0.500. The third-order valence-electron chi connectivity index (χ3n) is 2.73. The Bertz CT molecular complexity index is 399. The zero-order valence-electron chi connectivity index (χ0n) is 11.0. The van der Waals surface area contributed by atoms with Gasteiger partial charge in [-0.05, 0) is 44.9 Å². The summed E-state index contributed by atoms with van der Waals surface area (Å²) in [6.45, 7) is 8.61. The van der Waals surface area contributed by atoms with Crippen molar-refractivity contribution in [2.75, 3.05) is 6.54 Å². The lowest BCUT2D eigenvalue weighted by Crippen LogP contribution is -2.37. The van der Waals surface area contributed by atoms with E-state index in [9.17, 15) is 9.90 Å². The average molecular weight is 235 g/mol. The van der Waals surface area contributed by atoms with Crippen LogP contribution in [0.1, 0.15) is 43.1 Å². The highest BCUT2D eigenvalue weighted by Gasteiger charge is 2.20. The molecular formula is C14H21NO2. The molecule has 0 unspecified atom stereocenters. The fourth-order valence-electron chi connectivity index (χ4n) is 1.81. The molecule has 0 spiro atoms. The van der Waals surface area contributed by atoms with Crippen molar-refractivity contribution >= 4 is 5.91 Å². The Hall–Kier alpha value is -1.51. The van der Waals surface area contributed by atoms with Crippen LogP contribution < -0.4 is 0 Å². The summed E-state index contributed by atoms with van der Waals surface area (Å²) in [5, 5.41) is 9.81. The smallest absolute Gasteiger partial charge is 0.257 e. The second-order valence-electron chi connectivity index (χ2n) is 4.61. The summed E-state index contributed by atoms with van der Waals surface area (Å²) in [5.41, 5.74) is 1.34. The van der Waals surface area contributed by atoms with E-state index in [0.717, 1.165) is 12.0 Å². The molecule has 0 atom stereocenters. The normalized spacial score (nSPS) is 10.6. The first-order valence-corrected chi connectivity index (χ1v) is 6.08. The van der Waals surface area contributed by atoms with E-state index in [1.165, 1.54) is 0 Å². The number of hydrogen-bond donors (Lipinski definition) is 1. The Kier molecular flexibility index (Phi) is 4.55. The summed E-state index contributed by atoms with van der Waals surface area (Å²) >= 11 is 0. The number of rotatable bonds is 4. The minimum Gasteiger partial charge on any atom is -0.507 e. The summed E-state index contributed by atoms with van der Waals surface area (Å²) in [6, 6.07) is 5.30. The second-order valence-corrected chi connectivity index (χ2v) is 4.61. The van der Waals surface area contributed by atoms with E-state index in [2.05, 4.69) is 0 Å². The van der Waals surface area contributed by atoms with Crippen molar-refractivity contribution < 1.29 is 9.90 Å². The molecule has 3 nitrogen and oxygen atoms in total. The van der Waals surface area contributed by atoms with Gasteiger partial charge in [0.2, 0.25) is 0 Å². The lowest BCUT2D eigenvalue weighted by molar-refractivity contribution is 0.0703. The number of aryl methyl sites for hydroxylation is 1. The van der Waals surface area contributed by atoms with E-state index < -0.39 is 0 Å². The summed E-state index contributed by atoms with van der Waals surface area (Å²) in [7, 11) is 0. The lowest BCUT2D eigenvalue weighted by atomic mass is 10.1. The van der Waals surface area contributed by atoms with E-state index in [4.69, 9.17) is 0 Å². The molecule has 1 amide bonds. The molecular weight excluding hydrogens is 214 g/mol. The predicted molar refractivity (Wildman–Crippen MR) is 69.3 cm³/mol. The zero-order chi connectivity index (χ0) is 13.0. The van der Waals surface area contributed by atoms with Crippen LogP contribution >= 0.6 is 0 Å². The Labute approximate surface area is 103 Å². The third kappa shape index (κ3) is 3.22. The Morgan fingerprint density at radius 3 is 2.53 bits per heavy atom. The Morgan fingerprint density at radius 2 is 2.06 bits per heavy atom. The molecule has 0 aliphatic heterocycles. The van der Waals surface area contributed by atoms with Crippen molar-refractivity contribution in [1.29, 1.82) is 0 Å². The van der Waals surface area contributed by atoms with Crippen LogP contribution in [0.15, 0.2) is 18.2 Å². The van der Waals surface area contributed by atoms with Crippen molar-refractivity contribution in [1.82, 2.24) is 4.90 Å². The van der Waals surface area contributed by atoms with Crippen molar-refractivity contribution in [3.05, 3.63) is 29.3 Å². The monoisotopic (exact) mass is 235 g/mol. The van der Waals surface area contributed by atoms with Crippen molar-refractivity contribution in [2.24, 2.45) is 0 Å². The van der Waals surface area contributed by atoms with Crippen LogP contribution in [0.5, 0.6) is 5.75 Å². The van der Waals surface area contributed by atoms with Gasteiger partial charge in [-0.2, -0.15) is 0 Å². The van der Waals surface area contributed by atoms with Gasteiger partial charge in [0.25, 0.3) is 5.91 Å². The molecule has 0 heterocycles. The third-order valence-corrected chi connectivity index (χ3v) is 2.73. The van der Waals surface area contributed by atoms with Gasteiger partial charge >= 0.3 is 0 Å². The number of carbonyl (C=O) groups is 1. The number of aromatic hydroxyl groups is 1. The summed E-state index contributed by atoms with van der Waals surface area (Å²) in [6.07, 6.45) is 0.913. The number of nitrogens with zero attached hydrogens (tertiary/aromatic N) is 1. The number of phenolic OH excluding ortho intramolecular Hbond substituents is 1. The number of phenols is 1. The first-order valence-electron chi connectivity index (χ1n) is 6.08. The Morgan fingerprint density at radius 1 is 1.41 bits per heavy atom. The molecule has 1 rings (SSSR count). The molecule has 17 heavy (non-hydrogen) atoms. The highest BCUT2D eigenvalue weighted by Crippen LogP contribution is 2.21. The standard InChI is InChI=1S/C14H21NO2/c1-5-8-15(10(2)3)14(17)12-7-6-11(4)9-13(12)16/h6-7,9-10,16H,5,8H2,1-4H3. The maximum atomic E-state index is 12.3. The van der Waals surface area contributed by atoms with Gasteiger partial charge in [-0.3, -0.25) is 4.79 Å². The molecule has 1 aromatic rings. The average Bonchev–Trinajstić information content (AvgIpc) is 2.24. The molecule has 3 heteroatoms. The molecule has 0 saturated heterocycles. The van der Waals surface area contributed by atoms with Crippen LogP contribution in [0.25, 0.3) is 0 Å². The predicted octanol–water partition coefficient (Wildman–Crippen LogP) is 2.96. The summed E-state index contributed by atoms with van der Waals surface area (Å²) in [5.74, 6) is -0.0314. The first kappa shape index (κ1) is 13.6. The van der Waals surface area contributed by atoms with Gasteiger partial charge in [0, 0.05) is 12.6 Å². The van der Waals surface area contributed by atoms with Crippen molar-refractivity contribution in [3.8, 4) is 5.75 Å². The molecule has 0 aromatic heterocycles. The quantitative estimate of drug-likeness (QED) is 0.871. The van der Waals surface area contributed by atoms with Crippen LogP contribution in [0.3, 0.4) is 0 Å². The highest BCUT2D eigenvalue weighted by molar-refractivity contribution is 5.97. The molecule has 0 fully saturated rings. The van der Waals surface area contributed by atoms with Gasteiger partial charge in [-0.1, -0.05) is 13.0 Å². The first-order chi connectivity index (χ1) is 7.97. The summed E-state index contributed by atoms with van der Waals surface area (Å²) in [4.78, 5) is 14.1. The fourth-order valence-corrected chi connectivity index (χ4v) is 1.81. The largest absolute Gasteiger partial charge is 0.507 e. The van der Waals surface area contributed by atoms with Crippen molar-refractivity contribution in [2.45, 2.75) is 40.2 Å². The second kappa shape index (κ2) is 5.71. The minimum absolute atomic E-state index is 0.0664. The maximum Gasteiger partial charge on any atom is 0.257 e. The van der Waals surface area contributed by atoms with Gasteiger partial charge in [0.15, 0.2) is 0 Å². The molecule has 0 saturated carbocycles. The van der Waals surface area contributed by atoms with E-state index in [1.54, 1.807) is 17.0 Å². The topological polar surface area (TPSA) is 40.5 Å². The van der Waals surface area contributed by atoms with Gasteiger partial charge in [0.05, 0.1) is 5.56 Å². The SMILES string of the molecule is CCCN(C(=O)c1ccc(C)cc1O)C(C)C. The maximum absolute atomic E-state index is 12.3. The summed E-state index contributed by atoms with van der Waals surface area (Å²) < 4.78 is 0. The van der Waals surface area contributed by atoms with Crippen LogP contribution in [-0.4, -0.2) is 28.5 Å². The Balaban J connectivity index is 3.01. The van der Waals surface area contributed by atoms with E-state index in [0.29, 0.717) is 12.1 Å². The van der Waals surface area contributed by atoms with E-state index in [-0.39, 0.29) is 17.7 Å². The lowest BCUT2D eigenvalue weighted by Gasteiger charge is -2.26. The number of hydrogen-bond acceptors (Lipinski definition) is 2. The zero-order valence-corrected chi connectivity index (χ0v) is 11.0. The molecule has 1 aromatic carbocycles. The van der Waals surface area contributed by atoms with Gasteiger partial charge in [0.1, 0.15) is 5.75 Å². The highest BCUT2D eigenvalue weighted by atomic mass is 16.3. The van der Waals surface area contributed by atoms with Gasteiger partial charge < -0.3 is 10.0 Å². The number of amides is 1. The molecule has 0 bridgehead atoms. The molecule has 94 valence electrons. The van der Waals surface area contributed by atoms with Crippen molar-refractivity contribution in [3.63, 3.8) is 0 Å². The van der Waals surface area contributed by atoms with Crippen LogP contribution in [0, 0.1) is 6.92 Å². The van der Waals surface area contributed by atoms with Gasteiger partial charge in [-0.15, -0.1) is 0 Å². The molecule has 1 N–H and O–H groups in total. The van der Waals surface area contributed by atoms with E-state index in [1.807, 2.05) is 33.8 Å². The molecule has 0 aliphatic rings.